The number of amides is 4. The van der Waals surface area contributed by atoms with Crippen molar-refractivity contribution >= 4 is 131 Å². The van der Waals surface area contributed by atoms with Gasteiger partial charge in [-0.15, -0.1) is 22.7 Å². The van der Waals surface area contributed by atoms with Gasteiger partial charge < -0.3 is 45.4 Å². The van der Waals surface area contributed by atoms with Crippen molar-refractivity contribution in [3.8, 4) is 20.9 Å². The smallest absolute Gasteiger partial charge is 0.262 e. The maximum absolute atomic E-state index is 14.6. The summed E-state index contributed by atoms with van der Waals surface area (Å²) in [6, 6.07) is 62.4. The summed E-state index contributed by atoms with van der Waals surface area (Å²) in [7, 11) is 0. The molecular weight excluding hydrogens is 1460 g/mol. The van der Waals surface area contributed by atoms with Crippen LogP contribution in [0.15, 0.2) is 206 Å². The zero-order chi connectivity index (χ0) is 76.7. The van der Waals surface area contributed by atoms with Gasteiger partial charge in [0.1, 0.15) is 23.3 Å². The molecule has 4 aromatic heterocycles. The topological polar surface area (TPSA) is 210 Å². The predicted molar refractivity (Wildman–Crippen MR) is 437 cm³/mol. The Hall–Kier alpha value is -11.3. The summed E-state index contributed by atoms with van der Waals surface area (Å²) in [6.45, 7) is 11.0. The molecule has 0 saturated carbocycles. The van der Waals surface area contributed by atoms with Crippen LogP contribution >= 0.6 is 34.3 Å². The Kier molecular flexibility index (Phi) is 20.7. The van der Waals surface area contributed by atoms with Crippen molar-refractivity contribution in [2.45, 2.75) is 58.8 Å². The van der Waals surface area contributed by atoms with Crippen LogP contribution in [0.25, 0.3) is 42.7 Å². The van der Waals surface area contributed by atoms with Crippen LogP contribution < -0.4 is 36.0 Å². The SMILES string of the molecule is Cc1cccc(F)c1CC(=O)c1cc2c(s1)-c1ccccc1N(C(=O)c1ccc(NC(=O)c3cc4ccccc4nc3N3CC4(CCOCC4)C3)cc1)CC2.Cc1cccc(F)c1N.O=C(Cl)c1cc2c(s1)-c1ccccc1N(C(=O)c1ccc(NC(=O)c3cc4ccccc4nc3N3CC4(CCOCC4)C3)cc1)CC2. The lowest BCUT2D eigenvalue weighted by Gasteiger charge is -2.53. The Balaban J connectivity index is 0.000000152. The van der Waals surface area contributed by atoms with Crippen LogP contribution in [0.4, 0.5) is 48.9 Å². The fourth-order valence-electron chi connectivity index (χ4n) is 15.8. The molecule has 22 heteroatoms. The Bertz CT molecular complexity index is 5610. The number of fused-ring (bicyclic) bond motifs is 8. The van der Waals surface area contributed by atoms with Gasteiger partial charge in [-0.2, -0.15) is 0 Å². The molecular formula is C89H78ClF2N9O8S2. The van der Waals surface area contributed by atoms with E-state index in [0.717, 1.165) is 155 Å². The van der Waals surface area contributed by atoms with Crippen molar-refractivity contribution < 1.29 is 47.0 Å². The lowest BCUT2D eigenvalue weighted by atomic mass is 9.73. The van der Waals surface area contributed by atoms with Gasteiger partial charge in [0, 0.05) is 137 Å². The van der Waals surface area contributed by atoms with Crippen molar-refractivity contribution in [2.75, 3.05) is 102 Å². The molecule has 0 atom stereocenters. The molecule has 17 nitrogen and oxygen atoms in total. The van der Waals surface area contributed by atoms with E-state index in [2.05, 4.69) is 20.4 Å². The quantitative estimate of drug-likeness (QED) is 0.0591. The second-order valence-corrected chi connectivity index (χ2v) is 31.8. The fourth-order valence-corrected chi connectivity index (χ4v) is 18.3. The molecule has 111 heavy (non-hydrogen) atoms. The number of thiophene rings is 2. The normalized spacial score (nSPS) is 15.7. The number of rotatable bonds is 12. The van der Waals surface area contributed by atoms with Crippen molar-refractivity contribution in [1.82, 2.24) is 9.97 Å². The highest BCUT2D eigenvalue weighted by molar-refractivity contribution is 7.19. The molecule has 4 amide bonds. The third-order valence-electron chi connectivity index (χ3n) is 22.1. The molecule has 2 spiro atoms. The molecule has 18 rings (SSSR count). The molecule has 4 N–H and O–H groups in total. The van der Waals surface area contributed by atoms with Gasteiger partial charge in [0.05, 0.1) is 49.0 Å². The molecule has 0 aliphatic carbocycles. The summed E-state index contributed by atoms with van der Waals surface area (Å²) < 4.78 is 38.2. The third-order valence-corrected chi connectivity index (χ3v) is 24.9. The minimum absolute atomic E-state index is 0.00379. The third kappa shape index (κ3) is 15.2. The van der Waals surface area contributed by atoms with Crippen LogP contribution in [-0.4, -0.2) is 110 Å². The van der Waals surface area contributed by atoms with Gasteiger partial charge in [-0.1, -0.05) is 97.1 Å². The number of hydrogen-bond acceptors (Lipinski definition) is 15. The van der Waals surface area contributed by atoms with Gasteiger partial charge in [0.2, 0.25) is 0 Å². The molecule has 8 aromatic carbocycles. The van der Waals surface area contributed by atoms with E-state index >= 15 is 0 Å². The summed E-state index contributed by atoms with van der Waals surface area (Å²) in [5, 5.41) is 7.42. The fraction of sp³-hybridized carbons (Fsp3) is 0.236. The monoisotopic (exact) mass is 1540 g/mol. The molecule has 4 fully saturated rings. The lowest BCUT2D eigenvalue weighted by molar-refractivity contribution is -0.000631. The number of benzene rings is 8. The first-order chi connectivity index (χ1) is 53.8. The van der Waals surface area contributed by atoms with Gasteiger partial charge in [0.25, 0.3) is 28.9 Å². The van der Waals surface area contributed by atoms with E-state index in [1.807, 2.05) is 134 Å². The van der Waals surface area contributed by atoms with Crippen molar-refractivity contribution in [3.63, 3.8) is 0 Å². The Morgan fingerprint density at radius 1 is 0.505 bits per heavy atom. The molecule has 6 aliphatic heterocycles. The molecule has 6 aliphatic rings. The van der Waals surface area contributed by atoms with Crippen molar-refractivity contribution in [1.29, 1.82) is 0 Å². The number of carbonyl (C=O) groups is 6. The number of carbonyl (C=O) groups excluding carboxylic acids is 6. The van der Waals surface area contributed by atoms with Crippen molar-refractivity contribution in [3.05, 3.63) is 278 Å². The average Bonchev–Trinajstić information content (AvgIpc) is 1.63. The highest BCUT2D eigenvalue weighted by Gasteiger charge is 2.47. The van der Waals surface area contributed by atoms with Crippen LogP contribution in [-0.2, 0) is 28.7 Å². The number of aryl methyl sites for hydroxylation is 2. The molecule has 10 heterocycles. The van der Waals surface area contributed by atoms with E-state index in [1.54, 1.807) is 83.5 Å². The number of ether oxygens (including phenoxy) is 2. The summed E-state index contributed by atoms with van der Waals surface area (Å²) in [5.41, 5.74) is 18.2. The number of halogens is 3. The number of pyridine rings is 2. The van der Waals surface area contributed by atoms with Gasteiger partial charge in [-0.05, 0) is 201 Å². The van der Waals surface area contributed by atoms with E-state index in [4.69, 9.17) is 36.8 Å². The lowest BCUT2D eigenvalue weighted by Crippen LogP contribution is -2.59. The number of Topliss-reactive ketones (excluding diaryl/α,β-unsaturated/α-hetero) is 1. The van der Waals surface area contributed by atoms with Gasteiger partial charge >= 0.3 is 0 Å². The minimum atomic E-state index is -0.474. The molecule has 4 saturated heterocycles. The number of aromatic nitrogens is 2. The largest absolute Gasteiger partial charge is 0.396 e. The Morgan fingerprint density at radius 2 is 0.928 bits per heavy atom. The second-order valence-electron chi connectivity index (χ2n) is 29.4. The number of nitrogens with one attached hydrogen (secondary N) is 2. The van der Waals surface area contributed by atoms with Gasteiger partial charge in [-0.25, -0.2) is 18.7 Å². The number of ketones is 1. The Morgan fingerprint density at radius 3 is 1.38 bits per heavy atom. The molecule has 0 radical (unpaired) electrons. The van der Waals surface area contributed by atoms with Crippen LogP contribution in [0.1, 0.15) is 114 Å². The van der Waals surface area contributed by atoms with E-state index < -0.39 is 5.24 Å². The Labute approximate surface area is 653 Å². The first kappa shape index (κ1) is 73.8. The maximum Gasteiger partial charge on any atom is 0.262 e. The second kappa shape index (κ2) is 31.2. The maximum atomic E-state index is 14.6. The van der Waals surface area contributed by atoms with E-state index in [1.165, 1.54) is 34.8 Å². The zero-order valence-electron chi connectivity index (χ0n) is 61.1. The number of nitrogen functional groups attached to an aromatic ring is 1. The number of nitrogens with zero attached hydrogens (tertiary/aromatic N) is 6. The molecule has 560 valence electrons. The number of anilines is 7. The number of hydrogen-bond donors (Lipinski definition) is 3. The standard InChI is InChI=1S/C45H39FN4O4S.C37H31ClN4O4S.C7H8FN/c1-28-7-6-10-36(46)34(28)25-39(51)40-24-31-17-20-50(38-12-5-3-9-33(38)41(31)55-40)44(53)29-13-15-32(16-14-29)47-43(52)35-23-30-8-2-4-11-37(30)48-42(35)49-26-45(27-49)18-21-54-22-19-45;38-33(43)31-20-25-13-16-42(30-8-4-2-6-27(30)32(25)47-31)36(45)23-9-11-26(12-10-23)39-35(44)28-19-24-5-1-3-7-29(24)40-34(28)41-21-37(22-41)14-17-46-18-15-37;1-5-3-2-4-6(8)7(5)9/h2-16,23-24H,17-22,25-27H2,1H3,(H,47,52);1-12,19-20H,13-18,21-22H2,(H,39,44);2-4H,9H2,1H3. The zero-order valence-corrected chi connectivity index (χ0v) is 63.5. The first-order valence-electron chi connectivity index (χ1n) is 37.2. The van der Waals surface area contributed by atoms with E-state index in [-0.39, 0.29) is 64.0 Å². The molecule has 0 unspecified atom stereocenters. The summed E-state index contributed by atoms with van der Waals surface area (Å²) in [4.78, 5) is 102. The van der Waals surface area contributed by atoms with Crippen LogP contribution in [0.3, 0.4) is 0 Å². The predicted octanol–water partition coefficient (Wildman–Crippen LogP) is 18.0. The van der Waals surface area contributed by atoms with Gasteiger partial charge in [0.15, 0.2) is 5.78 Å². The van der Waals surface area contributed by atoms with Crippen molar-refractivity contribution in [2.24, 2.45) is 10.8 Å². The average molecular weight is 1540 g/mol. The number of para-hydroxylation sites is 5. The van der Waals surface area contributed by atoms with E-state index in [9.17, 15) is 37.5 Å². The van der Waals surface area contributed by atoms with E-state index in [0.29, 0.717) is 86.5 Å². The van der Waals surface area contributed by atoms with Gasteiger partial charge in [-0.3, -0.25) is 28.8 Å². The highest BCUT2D eigenvalue weighted by Crippen LogP contribution is 2.47. The van der Waals surface area contributed by atoms with Crippen LogP contribution in [0.5, 0.6) is 0 Å². The summed E-state index contributed by atoms with van der Waals surface area (Å²) in [6.07, 6.45) is 5.23. The first-order valence-corrected chi connectivity index (χ1v) is 39.2. The van der Waals surface area contributed by atoms with Crippen LogP contribution in [0.2, 0.25) is 0 Å². The molecule has 0 bridgehead atoms. The molecule has 12 aromatic rings. The highest BCUT2D eigenvalue weighted by atomic mass is 35.5. The van der Waals surface area contributed by atoms with Crippen LogP contribution in [0, 0.1) is 36.3 Å². The minimum Gasteiger partial charge on any atom is -0.396 e. The number of nitrogens with two attached hydrogens (primary N) is 1. The summed E-state index contributed by atoms with van der Waals surface area (Å²) in [5.74, 6) is -0.249. The summed E-state index contributed by atoms with van der Waals surface area (Å²) >= 11 is 8.54.